The number of thiophene rings is 1. The number of hydrogen-bond acceptors (Lipinski definition) is 6. The lowest BCUT2D eigenvalue weighted by Crippen LogP contribution is -1.95. The van der Waals surface area contributed by atoms with Gasteiger partial charge in [-0.3, -0.25) is 0 Å². The van der Waals surface area contributed by atoms with Crippen molar-refractivity contribution in [3.05, 3.63) is 40.5 Å². The molecule has 3 rings (SSSR count). The summed E-state index contributed by atoms with van der Waals surface area (Å²) in [6, 6.07) is 6.96. The number of aryl methyl sites for hydroxylation is 2. The van der Waals surface area contributed by atoms with E-state index >= 15 is 0 Å². The Morgan fingerprint density at radius 1 is 1.29 bits per heavy atom. The SMILES string of the molecule is Cc1sc2ncnc(Oc3ccc(C#N)cc3N)c2c1C. The summed E-state index contributed by atoms with van der Waals surface area (Å²) >= 11 is 1.61. The standard InChI is InChI=1S/C15H12N4OS/c1-8-9(2)21-15-13(8)14(18-7-19-15)20-12-4-3-10(6-16)5-11(12)17/h3-5,7H,17H2,1-2H3. The third kappa shape index (κ3) is 2.28. The highest BCUT2D eigenvalue weighted by Gasteiger charge is 2.14. The average Bonchev–Trinajstić information content (AvgIpc) is 2.77. The molecule has 2 heterocycles. The summed E-state index contributed by atoms with van der Waals surface area (Å²) in [6.07, 6.45) is 1.48. The first-order chi connectivity index (χ1) is 10.1. The zero-order valence-corrected chi connectivity index (χ0v) is 12.4. The molecular formula is C15H12N4OS. The van der Waals surface area contributed by atoms with E-state index in [1.807, 2.05) is 19.9 Å². The Labute approximate surface area is 125 Å². The normalized spacial score (nSPS) is 10.5. The quantitative estimate of drug-likeness (QED) is 0.731. The van der Waals surface area contributed by atoms with Gasteiger partial charge in [-0.15, -0.1) is 11.3 Å². The van der Waals surface area contributed by atoms with Crippen LogP contribution in [0.2, 0.25) is 0 Å². The van der Waals surface area contributed by atoms with Gasteiger partial charge in [0.15, 0.2) is 5.75 Å². The first kappa shape index (κ1) is 13.3. The van der Waals surface area contributed by atoms with Crippen LogP contribution in [-0.4, -0.2) is 9.97 Å². The smallest absolute Gasteiger partial charge is 0.231 e. The summed E-state index contributed by atoms with van der Waals surface area (Å²) < 4.78 is 5.84. The van der Waals surface area contributed by atoms with E-state index in [-0.39, 0.29) is 0 Å². The number of benzene rings is 1. The van der Waals surface area contributed by atoms with Gasteiger partial charge in [0.2, 0.25) is 5.88 Å². The summed E-state index contributed by atoms with van der Waals surface area (Å²) in [5.41, 5.74) is 7.93. The minimum Gasteiger partial charge on any atom is -0.436 e. The molecule has 0 atom stereocenters. The van der Waals surface area contributed by atoms with Crippen LogP contribution in [0.5, 0.6) is 11.6 Å². The van der Waals surface area contributed by atoms with Crippen molar-refractivity contribution in [1.82, 2.24) is 9.97 Å². The van der Waals surface area contributed by atoms with Crippen molar-refractivity contribution in [3.63, 3.8) is 0 Å². The van der Waals surface area contributed by atoms with Gasteiger partial charge in [0, 0.05) is 4.88 Å². The predicted molar refractivity (Wildman–Crippen MR) is 82.5 cm³/mol. The molecule has 0 amide bonds. The number of anilines is 1. The summed E-state index contributed by atoms with van der Waals surface area (Å²) in [5, 5.41) is 9.76. The second-order valence-corrected chi connectivity index (χ2v) is 5.81. The lowest BCUT2D eigenvalue weighted by molar-refractivity contribution is 0.470. The lowest BCUT2D eigenvalue weighted by Gasteiger charge is -2.08. The highest BCUT2D eigenvalue weighted by atomic mass is 32.1. The van der Waals surface area contributed by atoms with Crippen LogP contribution in [0.1, 0.15) is 16.0 Å². The van der Waals surface area contributed by atoms with Crippen molar-refractivity contribution in [2.45, 2.75) is 13.8 Å². The van der Waals surface area contributed by atoms with Gasteiger partial charge in [-0.25, -0.2) is 9.97 Å². The molecule has 1 aromatic carbocycles. The van der Waals surface area contributed by atoms with Gasteiger partial charge < -0.3 is 10.5 Å². The van der Waals surface area contributed by atoms with Crippen LogP contribution in [0.25, 0.3) is 10.2 Å². The van der Waals surface area contributed by atoms with Crippen LogP contribution in [0.4, 0.5) is 5.69 Å². The number of nitrogens with two attached hydrogens (primary N) is 1. The van der Waals surface area contributed by atoms with Gasteiger partial charge in [-0.1, -0.05) is 0 Å². The molecule has 3 aromatic rings. The predicted octanol–water partition coefficient (Wildman–Crippen LogP) is 3.55. The third-order valence-electron chi connectivity index (χ3n) is 3.28. The van der Waals surface area contributed by atoms with Crippen LogP contribution < -0.4 is 10.5 Å². The van der Waals surface area contributed by atoms with Crippen molar-refractivity contribution in [2.75, 3.05) is 5.73 Å². The molecular weight excluding hydrogens is 284 g/mol. The van der Waals surface area contributed by atoms with Crippen LogP contribution in [0, 0.1) is 25.2 Å². The molecule has 0 spiro atoms. The zero-order valence-electron chi connectivity index (χ0n) is 11.5. The van der Waals surface area contributed by atoms with Crippen LogP contribution in [0.3, 0.4) is 0 Å². The minimum atomic E-state index is 0.408. The number of nitriles is 1. The van der Waals surface area contributed by atoms with Gasteiger partial charge in [-0.2, -0.15) is 5.26 Å². The first-order valence-corrected chi connectivity index (χ1v) is 7.10. The van der Waals surface area contributed by atoms with Gasteiger partial charge in [0.05, 0.1) is 22.7 Å². The molecule has 0 radical (unpaired) electrons. The van der Waals surface area contributed by atoms with E-state index in [1.54, 1.807) is 29.5 Å². The molecule has 0 bridgehead atoms. The highest BCUT2D eigenvalue weighted by molar-refractivity contribution is 7.18. The molecule has 6 heteroatoms. The van der Waals surface area contributed by atoms with Gasteiger partial charge >= 0.3 is 0 Å². The highest BCUT2D eigenvalue weighted by Crippen LogP contribution is 2.36. The van der Waals surface area contributed by atoms with Crippen LogP contribution in [-0.2, 0) is 0 Å². The first-order valence-electron chi connectivity index (χ1n) is 6.28. The summed E-state index contributed by atoms with van der Waals surface area (Å²) in [5.74, 6) is 0.968. The monoisotopic (exact) mass is 296 g/mol. The molecule has 104 valence electrons. The van der Waals surface area contributed by atoms with Crippen molar-refractivity contribution in [3.8, 4) is 17.7 Å². The average molecular weight is 296 g/mol. The largest absolute Gasteiger partial charge is 0.436 e. The topological polar surface area (TPSA) is 84.8 Å². The van der Waals surface area contributed by atoms with Crippen molar-refractivity contribution in [1.29, 1.82) is 5.26 Å². The van der Waals surface area contributed by atoms with E-state index in [4.69, 9.17) is 15.7 Å². The van der Waals surface area contributed by atoms with Crippen molar-refractivity contribution < 1.29 is 4.74 Å². The maximum absolute atomic E-state index is 8.86. The summed E-state index contributed by atoms with van der Waals surface area (Å²) in [6.45, 7) is 4.06. The third-order valence-corrected chi connectivity index (χ3v) is 4.39. The Morgan fingerprint density at radius 3 is 2.81 bits per heavy atom. The Kier molecular flexibility index (Phi) is 3.20. The van der Waals surface area contributed by atoms with E-state index < -0.39 is 0 Å². The van der Waals surface area contributed by atoms with Crippen LogP contribution in [0.15, 0.2) is 24.5 Å². The van der Waals surface area contributed by atoms with E-state index in [9.17, 15) is 0 Å². The molecule has 0 unspecified atom stereocenters. The molecule has 5 nitrogen and oxygen atoms in total. The molecule has 0 fully saturated rings. The number of nitrogen functional groups attached to an aromatic ring is 1. The Morgan fingerprint density at radius 2 is 2.10 bits per heavy atom. The van der Waals surface area contributed by atoms with Gasteiger partial charge in [0.1, 0.15) is 11.2 Å². The molecule has 2 N–H and O–H groups in total. The van der Waals surface area contributed by atoms with Crippen LogP contribution >= 0.6 is 11.3 Å². The number of aromatic nitrogens is 2. The molecule has 0 aliphatic rings. The molecule has 0 aliphatic carbocycles. The van der Waals surface area contributed by atoms with Gasteiger partial charge in [0.25, 0.3) is 0 Å². The van der Waals surface area contributed by atoms with Crippen molar-refractivity contribution in [2.24, 2.45) is 0 Å². The van der Waals surface area contributed by atoms with E-state index in [1.165, 1.54) is 11.2 Å². The van der Waals surface area contributed by atoms with E-state index in [0.717, 1.165) is 15.8 Å². The lowest BCUT2D eigenvalue weighted by atomic mass is 10.2. The fraction of sp³-hybridized carbons (Fsp3) is 0.133. The molecule has 2 aromatic heterocycles. The Hall–Kier alpha value is -2.65. The fourth-order valence-corrected chi connectivity index (χ4v) is 3.03. The van der Waals surface area contributed by atoms with E-state index in [0.29, 0.717) is 22.9 Å². The number of fused-ring (bicyclic) bond motifs is 1. The number of nitrogens with zero attached hydrogens (tertiary/aromatic N) is 3. The van der Waals surface area contributed by atoms with E-state index in [2.05, 4.69) is 9.97 Å². The summed E-state index contributed by atoms with van der Waals surface area (Å²) in [4.78, 5) is 10.6. The second-order valence-electron chi connectivity index (χ2n) is 4.61. The van der Waals surface area contributed by atoms with Gasteiger partial charge in [-0.05, 0) is 37.6 Å². The Balaban J connectivity index is 2.08. The summed E-state index contributed by atoms with van der Waals surface area (Å²) in [7, 11) is 0. The molecule has 0 saturated carbocycles. The Bertz CT molecular complexity index is 879. The molecule has 0 aliphatic heterocycles. The second kappa shape index (κ2) is 5.04. The molecule has 21 heavy (non-hydrogen) atoms. The molecule has 0 saturated heterocycles. The number of hydrogen-bond donors (Lipinski definition) is 1. The minimum absolute atomic E-state index is 0.408. The zero-order chi connectivity index (χ0) is 15.0. The maximum atomic E-state index is 8.86. The number of rotatable bonds is 2. The van der Waals surface area contributed by atoms with Crippen molar-refractivity contribution >= 4 is 27.2 Å². The number of ether oxygens (including phenoxy) is 1. The fourth-order valence-electron chi connectivity index (χ4n) is 2.04. The maximum Gasteiger partial charge on any atom is 0.231 e.